The van der Waals surface area contributed by atoms with Crippen molar-refractivity contribution in [1.82, 2.24) is 10.6 Å². The van der Waals surface area contributed by atoms with E-state index in [-0.39, 0.29) is 18.6 Å². The van der Waals surface area contributed by atoms with Crippen LogP contribution in [0, 0.1) is 5.92 Å². The summed E-state index contributed by atoms with van der Waals surface area (Å²) >= 11 is 0. The lowest BCUT2D eigenvalue weighted by Gasteiger charge is -2.20. The summed E-state index contributed by atoms with van der Waals surface area (Å²) in [5, 5.41) is 14.3. The van der Waals surface area contributed by atoms with Crippen molar-refractivity contribution in [2.75, 3.05) is 6.54 Å². The van der Waals surface area contributed by atoms with E-state index in [9.17, 15) is 9.59 Å². The van der Waals surface area contributed by atoms with Gasteiger partial charge in [-0.2, -0.15) is 0 Å². The van der Waals surface area contributed by atoms with Gasteiger partial charge in [0.2, 0.25) is 0 Å². The van der Waals surface area contributed by atoms with Crippen molar-refractivity contribution in [2.45, 2.75) is 38.6 Å². The molecule has 1 aliphatic rings. The first-order valence-electron chi connectivity index (χ1n) is 6.05. The highest BCUT2D eigenvalue weighted by atomic mass is 16.4. The summed E-state index contributed by atoms with van der Waals surface area (Å²) in [4.78, 5) is 22.3. The molecule has 0 spiro atoms. The van der Waals surface area contributed by atoms with E-state index in [0.29, 0.717) is 6.42 Å². The molecule has 5 heteroatoms. The molecule has 0 saturated heterocycles. The fourth-order valence-corrected chi connectivity index (χ4v) is 1.78. The van der Waals surface area contributed by atoms with E-state index < -0.39 is 11.9 Å². The summed E-state index contributed by atoms with van der Waals surface area (Å²) < 4.78 is 0. The third-order valence-corrected chi connectivity index (χ3v) is 2.96. The fraction of sp³-hybridized carbons (Fsp3) is 0.667. The zero-order chi connectivity index (χ0) is 12.7. The molecular weight excluding hydrogens is 220 g/mol. The van der Waals surface area contributed by atoms with E-state index in [2.05, 4.69) is 22.8 Å². The SMILES string of the molecule is CCC(CNC(=O)NC1CC=CCC1)C(=O)O. The maximum absolute atomic E-state index is 11.5. The minimum absolute atomic E-state index is 0.171. The van der Waals surface area contributed by atoms with Gasteiger partial charge in [0.25, 0.3) is 0 Å². The Hall–Kier alpha value is -1.52. The molecule has 2 unspecified atom stereocenters. The van der Waals surface area contributed by atoms with Gasteiger partial charge in [0, 0.05) is 12.6 Å². The molecule has 17 heavy (non-hydrogen) atoms. The van der Waals surface area contributed by atoms with E-state index in [1.807, 2.05) is 0 Å². The number of hydrogen-bond donors (Lipinski definition) is 3. The van der Waals surface area contributed by atoms with E-state index in [0.717, 1.165) is 19.3 Å². The number of carbonyl (C=O) groups excluding carboxylic acids is 1. The number of hydrogen-bond acceptors (Lipinski definition) is 2. The third-order valence-electron chi connectivity index (χ3n) is 2.96. The lowest BCUT2D eigenvalue weighted by molar-refractivity contribution is -0.141. The van der Waals surface area contributed by atoms with Crippen molar-refractivity contribution in [1.29, 1.82) is 0 Å². The molecule has 0 heterocycles. The van der Waals surface area contributed by atoms with Gasteiger partial charge < -0.3 is 15.7 Å². The Morgan fingerprint density at radius 1 is 1.47 bits per heavy atom. The molecule has 0 saturated carbocycles. The van der Waals surface area contributed by atoms with Crippen molar-refractivity contribution in [2.24, 2.45) is 5.92 Å². The summed E-state index contributed by atoms with van der Waals surface area (Å²) in [6.45, 7) is 1.98. The van der Waals surface area contributed by atoms with Crippen LogP contribution in [0.15, 0.2) is 12.2 Å². The van der Waals surface area contributed by atoms with Crippen LogP contribution in [0.3, 0.4) is 0 Å². The number of nitrogens with one attached hydrogen (secondary N) is 2. The third kappa shape index (κ3) is 4.89. The van der Waals surface area contributed by atoms with Gasteiger partial charge in [-0.05, 0) is 25.7 Å². The van der Waals surface area contributed by atoms with Gasteiger partial charge >= 0.3 is 12.0 Å². The van der Waals surface area contributed by atoms with Crippen LogP contribution in [0.5, 0.6) is 0 Å². The van der Waals surface area contributed by atoms with E-state index in [1.165, 1.54) is 0 Å². The van der Waals surface area contributed by atoms with E-state index in [4.69, 9.17) is 5.11 Å². The van der Waals surface area contributed by atoms with Gasteiger partial charge in [0.15, 0.2) is 0 Å². The number of urea groups is 1. The molecule has 1 aliphatic carbocycles. The van der Waals surface area contributed by atoms with Crippen LogP contribution < -0.4 is 10.6 Å². The Balaban J connectivity index is 2.24. The van der Waals surface area contributed by atoms with Crippen LogP contribution in [0.2, 0.25) is 0 Å². The first kappa shape index (κ1) is 13.5. The number of carboxylic acid groups (broad SMARTS) is 1. The molecule has 2 atom stereocenters. The summed E-state index contributed by atoms with van der Waals surface area (Å²) in [7, 11) is 0. The summed E-state index contributed by atoms with van der Waals surface area (Å²) in [6, 6.07) is -0.102. The molecule has 3 N–H and O–H groups in total. The largest absolute Gasteiger partial charge is 0.481 e. The first-order chi connectivity index (χ1) is 8.13. The highest BCUT2D eigenvalue weighted by Crippen LogP contribution is 2.10. The minimum Gasteiger partial charge on any atom is -0.481 e. The number of amides is 2. The molecule has 1 rings (SSSR count). The van der Waals surface area contributed by atoms with Crippen LogP contribution in [-0.4, -0.2) is 29.7 Å². The quantitative estimate of drug-likeness (QED) is 0.637. The van der Waals surface area contributed by atoms with Crippen LogP contribution in [-0.2, 0) is 4.79 Å². The molecule has 96 valence electrons. The molecule has 0 aliphatic heterocycles. The van der Waals surface area contributed by atoms with Gasteiger partial charge in [-0.1, -0.05) is 19.1 Å². The lowest BCUT2D eigenvalue weighted by Crippen LogP contribution is -2.44. The van der Waals surface area contributed by atoms with Crippen LogP contribution >= 0.6 is 0 Å². The second-order valence-electron chi connectivity index (χ2n) is 4.28. The number of carboxylic acids is 1. The zero-order valence-electron chi connectivity index (χ0n) is 10.1. The number of allylic oxidation sites excluding steroid dienone is 1. The Morgan fingerprint density at radius 3 is 2.76 bits per heavy atom. The van der Waals surface area contributed by atoms with Crippen molar-refractivity contribution in [3.63, 3.8) is 0 Å². The van der Waals surface area contributed by atoms with Gasteiger partial charge in [-0.3, -0.25) is 4.79 Å². The monoisotopic (exact) mass is 240 g/mol. The normalized spacial score (nSPS) is 20.6. The molecule has 0 bridgehead atoms. The van der Waals surface area contributed by atoms with Crippen molar-refractivity contribution < 1.29 is 14.7 Å². The fourth-order valence-electron chi connectivity index (χ4n) is 1.78. The zero-order valence-corrected chi connectivity index (χ0v) is 10.1. The van der Waals surface area contributed by atoms with Gasteiger partial charge in [0.05, 0.1) is 5.92 Å². The second kappa shape index (κ2) is 6.93. The lowest BCUT2D eigenvalue weighted by atomic mass is 10.0. The topological polar surface area (TPSA) is 78.4 Å². The average molecular weight is 240 g/mol. The first-order valence-corrected chi connectivity index (χ1v) is 6.05. The minimum atomic E-state index is -0.867. The number of aliphatic carboxylic acids is 1. The van der Waals surface area contributed by atoms with Gasteiger partial charge in [0.1, 0.15) is 0 Å². The Bertz CT molecular complexity index is 302. The molecule has 0 radical (unpaired) electrons. The van der Waals surface area contributed by atoms with Gasteiger partial charge in [-0.15, -0.1) is 0 Å². The number of rotatable bonds is 5. The predicted octanol–water partition coefficient (Wildman–Crippen LogP) is 1.51. The molecule has 5 nitrogen and oxygen atoms in total. The van der Waals surface area contributed by atoms with Crippen molar-refractivity contribution >= 4 is 12.0 Å². The maximum Gasteiger partial charge on any atom is 0.315 e. The highest BCUT2D eigenvalue weighted by Gasteiger charge is 2.17. The Kier molecular flexibility index (Phi) is 5.52. The summed E-state index contributed by atoms with van der Waals surface area (Å²) in [5.74, 6) is -1.37. The molecule has 0 aromatic carbocycles. The highest BCUT2D eigenvalue weighted by molar-refractivity contribution is 5.76. The van der Waals surface area contributed by atoms with E-state index >= 15 is 0 Å². The molecule has 0 aromatic rings. The smallest absolute Gasteiger partial charge is 0.315 e. The van der Waals surface area contributed by atoms with Crippen LogP contribution in [0.25, 0.3) is 0 Å². The second-order valence-corrected chi connectivity index (χ2v) is 4.28. The predicted molar refractivity (Wildman–Crippen MR) is 64.7 cm³/mol. The molecular formula is C12H20N2O3. The van der Waals surface area contributed by atoms with Crippen LogP contribution in [0.4, 0.5) is 4.79 Å². The van der Waals surface area contributed by atoms with Gasteiger partial charge in [-0.25, -0.2) is 4.79 Å². The standard InChI is InChI=1S/C12H20N2O3/c1-2-9(11(15)16)8-13-12(17)14-10-6-4-3-5-7-10/h3-4,9-10H,2,5-8H2,1H3,(H,15,16)(H2,13,14,17). The number of carbonyl (C=O) groups is 2. The van der Waals surface area contributed by atoms with Crippen molar-refractivity contribution in [3.8, 4) is 0 Å². The summed E-state index contributed by atoms with van der Waals surface area (Å²) in [6.07, 6.45) is 7.46. The Labute approximate surface area is 101 Å². The van der Waals surface area contributed by atoms with E-state index in [1.54, 1.807) is 6.92 Å². The summed E-state index contributed by atoms with van der Waals surface area (Å²) in [5.41, 5.74) is 0. The molecule has 2 amide bonds. The van der Waals surface area contributed by atoms with Crippen molar-refractivity contribution in [3.05, 3.63) is 12.2 Å². The molecule has 0 aromatic heterocycles. The Morgan fingerprint density at radius 2 is 2.24 bits per heavy atom. The average Bonchev–Trinajstić information content (AvgIpc) is 2.30. The van der Waals surface area contributed by atoms with Crippen LogP contribution in [0.1, 0.15) is 32.6 Å². The maximum atomic E-state index is 11.5. The molecule has 0 fully saturated rings.